The normalized spacial score (nSPS) is 15.1. The van der Waals surface area contributed by atoms with Gasteiger partial charge in [-0.3, -0.25) is 4.99 Å². The van der Waals surface area contributed by atoms with Crippen LogP contribution in [0.5, 0.6) is 0 Å². The average molecular weight is 331 g/mol. The van der Waals surface area contributed by atoms with Gasteiger partial charge < -0.3 is 15.1 Å². The van der Waals surface area contributed by atoms with Gasteiger partial charge in [0.1, 0.15) is 0 Å². The summed E-state index contributed by atoms with van der Waals surface area (Å²) in [6.07, 6.45) is 3.47. The zero-order valence-corrected chi connectivity index (χ0v) is 15.9. The molecule has 2 rings (SSSR count). The molecule has 0 atom stereocenters. The minimum Gasteiger partial charge on any atom is -0.357 e. The molecule has 0 aromatic heterocycles. The molecule has 1 aliphatic heterocycles. The van der Waals surface area contributed by atoms with E-state index in [0.29, 0.717) is 6.04 Å². The number of nitrogens with zero attached hydrogens (tertiary/aromatic N) is 3. The molecule has 1 aromatic rings. The molecule has 0 saturated carbocycles. The van der Waals surface area contributed by atoms with Crippen LogP contribution < -0.4 is 5.32 Å². The van der Waals surface area contributed by atoms with Gasteiger partial charge in [0, 0.05) is 32.2 Å². The van der Waals surface area contributed by atoms with E-state index < -0.39 is 0 Å². The van der Waals surface area contributed by atoms with E-state index in [2.05, 4.69) is 67.2 Å². The van der Waals surface area contributed by atoms with Gasteiger partial charge in [0.2, 0.25) is 0 Å². The van der Waals surface area contributed by atoms with Gasteiger partial charge in [-0.1, -0.05) is 24.3 Å². The van der Waals surface area contributed by atoms with Gasteiger partial charge in [0.25, 0.3) is 0 Å². The van der Waals surface area contributed by atoms with Crippen LogP contribution in [0.4, 0.5) is 0 Å². The van der Waals surface area contributed by atoms with Gasteiger partial charge in [-0.05, 0) is 64.8 Å². The van der Waals surface area contributed by atoms with Crippen molar-refractivity contribution < 1.29 is 0 Å². The molecule has 1 aromatic carbocycles. The van der Waals surface area contributed by atoms with Crippen LogP contribution in [-0.4, -0.2) is 55.0 Å². The summed E-state index contributed by atoms with van der Waals surface area (Å²) in [5.41, 5.74) is 2.93. The first-order chi connectivity index (χ1) is 11.6. The number of nitrogens with one attached hydrogen (secondary N) is 1. The lowest BCUT2D eigenvalue weighted by Gasteiger charge is -2.31. The van der Waals surface area contributed by atoms with Crippen molar-refractivity contribution in [1.29, 1.82) is 0 Å². The van der Waals surface area contributed by atoms with Crippen molar-refractivity contribution in [3.05, 3.63) is 35.4 Å². The van der Waals surface area contributed by atoms with Gasteiger partial charge in [0.15, 0.2) is 5.96 Å². The maximum absolute atomic E-state index is 4.86. The predicted molar refractivity (Wildman–Crippen MR) is 104 cm³/mol. The van der Waals surface area contributed by atoms with Crippen LogP contribution in [0, 0.1) is 0 Å². The van der Waals surface area contributed by atoms with Crippen molar-refractivity contribution in [3.8, 4) is 0 Å². The number of rotatable bonds is 7. The summed E-state index contributed by atoms with van der Waals surface area (Å²) in [4.78, 5) is 9.66. The summed E-state index contributed by atoms with van der Waals surface area (Å²) in [5, 5.41) is 3.47. The summed E-state index contributed by atoms with van der Waals surface area (Å²) < 4.78 is 0. The molecule has 1 N–H and O–H groups in total. The summed E-state index contributed by atoms with van der Waals surface area (Å²) in [6, 6.07) is 9.40. The summed E-state index contributed by atoms with van der Waals surface area (Å²) in [7, 11) is 2.20. The molecule has 134 valence electrons. The Labute approximate surface area is 147 Å². The highest BCUT2D eigenvalue weighted by Gasteiger charge is 2.18. The summed E-state index contributed by atoms with van der Waals surface area (Å²) in [5.74, 6) is 1.07. The van der Waals surface area contributed by atoms with Crippen LogP contribution in [-0.2, 0) is 13.0 Å². The molecule has 4 heteroatoms. The lowest BCUT2D eigenvalue weighted by atomic mass is 10.0. The smallest absolute Gasteiger partial charge is 0.194 e. The molecule has 0 unspecified atom stereocenters. The zero-order chi connectivity index (χ0) is 17.4. The van der Waals surface area contributed by atoms with Crippen LogP contribution in [0.1, 0.15) is 44.7 Å². The monoisotopic (exact) mass is 330 g/mol. The van der Waals surface area contributed by atoms with E-state index in [0.717, 1.165) is 51.5 Å². The number of guanidine groups is 1. The van der Waals surface area contributed by atoms with Crippen LogP contribution >= 0.6 is 0 Å². The van der Waals surface area contributed by atoms with Crippen LogP contribution in [0.2, 0.25) is 0 Å². The van der Waals surface area contributed by atoms with Crippen LogP contribution in [0.15, 0.2) is 29.3 Å². The number of unbranched alkanes of at least 4 members (excludes halogenated alkanes) is 1. The minimum absolute atomic E-state index is 0.624. The Bertz CT molecular complexity index is 524. The topological polar surface area (TPSA) is 30.9 Å². The first-order valence-electron chi connectivity index (χ1n) is 9.42. The lowest BCUT2D eigenvalue weighted by molar-refractivity contribution is 0.269. The van der Waals surface area contributed by atoms with Gasteiger partial charge in [-0.25, -0.2) is 0 Å². The third-order valence-corrected chi connectivity index (χ3v) is 4.83. The standard InChI is InChI=1S/C20H34N4/c1-5-21-20(22-13-8-9-14-23(4)17(2)3)24-15-12-18-10-6-7-11-19(18)16-24/h6-7,10-11,17H,5,8-9,12-16H2,1-4H3,(H,21,22). The number of fused-ring (bicyclic) bond motifs is 1. The van der Waals surface area contributed by atoms with E-state index >= 15 is 0 Å². The lowest BCUT2D eigenvalue weighted by Crippen LogP contribution is -2.44. The highest BCUT2D eigenvalue weighted by atomic mass is 15.3. The number of hydrogen-bond acceptors (Lipinski definition) is 2. The highest BCUT2D eigenvalue weighted by Crippen LogP contribution is 2.18. The van der Waals surface area contributed by atoms with Crippen molar-refractivity contribution >= 4 is 5.96 Å². The Balaban J connectivity index is 1.85. The second-order valence-electron chi connectivity index (χ2n) is 6.96. The summed E-state index contributed by atoms with van der Waals surface area (Å²) >= 11 is 0. The fraction of sp³-hybridized carbons (Fsp3) is 0.650. The zero-order valence-electron chi connectivity index (χ0n) is 15.9. The molecule has 0 radical (unpaired) electrons. The Hall–Kier alpha value is -1.55. The first kappa shape index (κ1) is 18.8. The van der Waals surface area contributed by atoms with E-state index in [1.54, 1.807) is 0 Å². The molecule has 0 fully saturated rings. The van der Waals surface area contributed by atoms with Gasteiger partial charge in [-0.15, -0.1) is 0 Å². The van der Waals surface area contributed by atoms with E-state index in [1.807, 2.05) is 0 Å². The first-order valence-corrected chi connectivity index (χ1v) is 9.42. The molecule has 4 nitrogen and oxygen atoms in total. The maximum Gasteiger partial charge on any atom is 0.194 e. The molecular weight excluding hydrogens is 296 g/mol. The second kappa shape index (κ2) is 9.67. The minimum atomic E-state index is 0.624. The maximum atomic E-state index is 4.86. The van der Waals surface area contributed by atoms with Crippen molar-refractivity contribution in [2.45, 2.75) is 52.6 Å². The molecular formula is C20H34N4. The molecule has 1 heterocycles. The van der Waals surface area contributed by atoms with Crippen LogP contribution in [0.25, 0.3) is 0 Å². The fourth-order valence-electron chi connectivity index (χ4n) is 3.02. The van der Waals surface area contributed by atoms with Gasteiger partial charge in [0.05, 0.1) is 0 Å². The Morgan fingerprint density at radius 1 is 1.25 bits per heavy atom. The Morgan fingerprint density at radius 3 is 2.71 bits per heavy atom. The van der Waals surface area contributed by atoms with Gasteiger partial charge >= 0.3 is 0 Å². The SMILES string of the molecule is CCNC(=NCCCCN(C)C(C)C)N1CCc2ccccc2C1. The second-order valence-corrected chi connectivity index (χ2v) is 6.96. The van der Waals surface area contributed by atoms with E-state index in [-0.39, 0.29) is 0 Å². The average Bonchev–Trinajstić information content (AvgIpc) is 2.59. The third-order valence-electron chi connectivity index (χ3n) is 4.83. The largest absolute Gasteiger partial charge is 0.357 e. The Morgan fingerprint density at radius 2 is 2.00 bits per heavy atom. The molecule has 0 saturated heterocycles. The molecule has 0 aliphatic carbocycles. The van der Waals surface area contributed by atoms with E-state index in [1.165, 1.54) is 17.5 Å². The number of aliphatic imine (C=N–C) groups is 1. The van der Waals surface area contributed by atoms with Crippen molar-refractivity contribution in [2.75, 3.05) is 33.2 Å². The van der Waals surface area contributed by atoms with E-state index in [4.69, 9.17) is 4.99 Å². The number of benzene rings is 1. The Kier molecular flexibility index (Phi) is 7.57. The summed E-state index contributed by atoms with van der Waals surface area (Å²) in [6.45, 7) is 11.6. The molecule has 0 bridgehead atoms. The van der Waals surface area contributed by atoms with Crippen LogP contribution in [0.3, 0.4) is 0 Å². The fourth-order valence-corrected chi connectivity index (χ4v) is 3.02. The molecule has 1 aliphatic rings. The third kappa shape index (κ3) is 5.52. The predicted octanol–water partition coefficient (Wildman–Crippen LogP) is 3.13. The van der Waals surface area contributed by atoms with Crippen molar-refractivity contribution in [3.63, 3.8) is 0 Å². The molecule has 0 spiro atoms. The van der Waals surface area contributed by atoms with Gasteiger partial charge in [-0.2, -0.15) is 0 Å². The molecule has 24 heavy (non-hydrogen) atoms. The van der Waals surface area contributed by atoms with Crippen molar-refractivity contribution in [2.24, 2.45) is 4.99 Å². The van der Waals surface area contributed by atoms with Crippen molar-refractivity contribution in [1.82, 2.24) is 15.1 Å². The quantitative estimate of drug-likeness (QED) is 0.473. The van der Waals surface area contributed by atoms with E-state index in [9.17, 15) is 0 Å². The molecule has 0 amide bonds. The highest BCUT2D eigenvalue weighted by molar-refractivity contribution is 5.80. The number of hydrogen-bond donors (Lipinski definition) is 1.